The summed E-state index contributed by atoms with van der Waals surface area (Å²) in [7, 11) is 0. The Morgan fingerprint density at radius 2 is 2.05 bits per heavy atom. The fourth-order valence-electron chi connectivity index (χ4n) is 2.30. The second-order valence-electron chi connectivity index (χ2n) is 5.20. The minimum atomic E-state index is -1.08. The molecule has 1 saturated carbocycles. The molecule has 0 bridgehead atoms. The monoisotopic (exact) mass is 271 g/mol. The fraction of sp³-hybridized carbons (Fsp3) is 0.400. The van der Waals surface area contributed by atoms with E-state index < -0.39 is 5.97 Å². The predicted molar refractivity (Wildman–Crippen MR) is 74.3 cm³/mol. The molecule has 3 rings (SSSR count). The number of hydrogen-bond donors (Lipinski definition) is 1. The van der Waals surface area contributed by atoms with Crippen LogP contribution < -0.4 is 0 Å². The minimum absolute atomic E-state index is 0.121. The van der Waals surface area contributed by atoms with Crippen molar-refractivity contribution in [3.8, 4) is 5.69 Å². The van der Waals surface area contributed by atoms with Gasteiger partial charge in [-0.15, -0.1) is 5.10 Å². The van der Waals surface area contributed by atoms with Gasteiger partial charge in [-0.05, 0) is 37.0 Å². The molecule has 0 radical (unpaired) electrons. The lowest BCUT2D eigenvalue weighted by molar-refractivity contribution is 0.0683. The van der Waals surface area contributed by atoms with Crippen LogP contribution in [0.2, 0.25) is 0 Å². The third kappa shape index (κ3) is 2.43. The van der Waals surface area contributed by atoms with Crippen molar-refractivity contribution in [2.45, 2.75) is 38.5 Å². The number of carboxylic acid groups (broad SMARTS) is 1. The first-order valence-electron chi connectivity index (χ1n) is 6.98. The van der Waals surface area contributed by atoms with E-state index in [1.807, 2.05) is 12.1 Å². The molecule has 0 atom stereocenters. The zero-order chi connectivity index (χ0) is 14.1. The van der Waals surface area contributed by atoms with E-state index in [9.17, 15) is 4.79 Å². The van der Waals surface area contributed by atoms with Gasteiger partial charge >= 0.3 is 5.97 Å². The Hall–Kier alpha value is -2.17. The lowest BCUT2D eigenvalue weighted by Gasteiger charge is -2.06. The second kappa shape index (κ2) is 5.07. The van der Waals surface area contributed by atoms with Crippen molar-refractivity contribution in [3.05, 3.63) is 41.5 Å². The molecule has 5 nitrogen and oxygen atoms in total. The largest absolute Gasteiger partial charge is 0.475 e. The number of hydrogen-bond acceptors (Lipinski definition) is 3. The van der Waals surface area contributed by atoms with Gasteiger partial charge in [0, 0.05) is 5.92 Å². The molecule has 5 heteroatoms. The van der Waals surface area contributed by atoms with Gasteiger partial charge in [-0.3, -0.25) is 0 Å². The number of aromatic nitrogens is 3. The van der Waals surface area contributed by atoms with Gasteiger partial charge in [0.15, 0.2) is 0 Å². The molecule has 104 valence electrons. The van der Waals surface area contributed by atoms with E-state index in [1.165, 1.54) is 5.56 Å². The van der Waals surface area contributed by atoms with Crippen LogP contribution in [0.5, 0.6) is 0 Å². The molecule has 2 aromatic rings. The summed E-state index contributed by atoms with van der Waals surface area (Å²) < 4.78 is 1.68. The lowest BCUT2D eigenvalue weighted by Crippen LogP contribution is -2.03. The Morgan fingerprint density at radius 1 is 1.35 bits per heavy atom. The summed E-state index contributed by atoms with van der Waals surface area (Å²) in [4.78, 5) is 15.2. The number of benzene rings is 1. The molecule has 1 fully saturated rings. The predicted octanol–water partition coefficient (Wildman–Crippen LogP) is 2.80. The van der Waals surface area contributed by atoms with Crippen molar-refractivity contribution >= 4 is 5.97 Å². The summed E-state index contributed by atoms with van der Waals surface area (Å²) in [5.74, 6) is -0.0747. The zero-order valence-electron chi connectivity index (χ0n) is 11.4. The second-order valence-corrected chi connectivity index (χ2v) is 5.20. The van der Waals surface area contributed by atoms with Gasteiger partial charge in [-0.2, -0.15) is 0 Å². The Bertz CT molecular complexity index is 627. The van der Waals surface area contributed by atoms with E-state index in [1.54, 1.807) is 4.68 Å². The average molecular weight is 271 g/mol. The Balaban J connectivity index is 1.97. The van der Waals surface area contributed by atoms with Crippen molar-refractivity contribution in [1.82, 2.24) is 14.8 Å². The van der Waals surface area contributed by atoms with Crippen LogP contribution in [0.3, 0.4) is 0 Å². The van der Waals surface area contributed by atoms with Crippen LogP contribution in [-0.2, 0) is 6.42 Å². The summed E-state index contributed by atoms with van der Waals surface area (Å²) in [5, 5.41) is 13.2. The summed E-state index contributed by atoms with van der Waals surface area (Å²) in [6.07, 6.45) is 4.28. The maximum atomic E-state index is 11.0. The van der Waals surface area contributed by atoms with Crippen molar-refractivity contribution < 1.29 is 9.90 Å². The Morgan fingerprint density at radius 3 is 2.60 bits per heavy atom. The van der Waals surface area contributed by atoms with Crippen molar-refractivity contribution in [2.24, 2.45) is 0 Å². The topological polar surface area (TPSA) is 68.0 Å². The number of aromatic carboxylic acids is 1. The summed E-state index contributed by atoms with van der Waals surface area (Å²) in [6, 6.07) is 8.10. The molecule has 0 saturated heterocycles. The molecule has 1 N–H and O–H groups in total. The smallest absolute Gasteiger partial charge is 0.375 e. The first kappa shape index (κ1) is 12.8. The van der Waals surface area contributed by atoms with E-state index in [0.717, 1.165) is 37.2 Å². The van der Waals surface area contributed by atoms with Crippen molar-refractivity contribution in [2.75, 3.05) is 0 Å². The molecule has 0 aliphatic heterocycles. The van der Waals surface area contributed by atoms with Crippen LogP contribution in [0.1, 0.15) is 54.1 Å². The van der Waals surface area contributed by atoms with Crippen LogP contribution in [0.25, 0.3) is 5.69 Å². The van der Waals surface area contributed by atoms with Crippen LogP contribution >= 0.6 is 0 Å². The van der Waals surface area contributed by atoms with E-state index in [-0.39, 0.29) is 5.82 Å². The molecule has 1 aromatic carbocycles. The summed E-state index contributed by atoms with van der Waals surface area (Å²) >= 11 is 0. The number of carboxylic acids is 1. The van der Waals surface area contributed by atoms with Gasteiger partial charge in [-0.25, -0.2) is 14.5 Å². The number of rotatable bonds is 5. The van der Waals surface area contributed by atoms with Crippen LogP contribution in [-0.4, -0.2) is 25.8 Å². The number of aryl methyl sites for hydroxylation is 1. The molecular formula is C15H17N3O2. The van der Waals surface area contributed by atoms with E-state index in [4.69, 9.17) is 5.11 Å². The molecule has 0 unspecified atom stereocenters. The quantitative estimate of drug-likeness (QED) is 0.908. The van der Waals surface area contributed by atoms with E-state index in [0.29, 0.717) is 5.92 Å². The van der Waals surface area contributed by atoms with Gasteiger partial charge in [0.25, 0.3) is 5.82 Å². The molecule has 1 aliphatic carbocycles. The Kier molecular flexibility index (Phi) is 3.26. The Labute approximate surface area is 117 Å². The highest BCUT2D eigenvalue weighted by Crippen LogP contribution is 2.39. The number of carbonyl (C=O) groups is 1. The highest BCUT2D eigenvalue weighted by atomic mass is 16.4. The molecule has 0 amide bonds. The first-order valence-corrected chi connectivity index (χ1v) is 6.98. The van der Waals surface area contributed by atoms with E-state index in [2.05, 4.69) is 29.1 Å². The third-order valence-electron chi connectivity index (χ3n) is 3.49. The van der Waals surface area contributed by atoms with Gasteiger partial charge in [0.2, 0.25) is 0 Å². The highest BCUT2D eigenvalue weighted by Gasteiger charge is 2.31. The third-order valence-corrected chi connectivity index (χ3v) is 3.49. The van der Waals surface area contributed by atoms with Gasteiger partial charge in [-0.1, -0.05) is 25.5 Å². The first-order chi connectivity index (χ1) is 9.69. The molecule has 1 heterocycles. The lowest BCUT2D eigenvalue weighted by atomic mass is 10.1. The van der Waals surface area contributed by atoms with Gasteiger partial charge in [0.05, 0.1) is 5.69 Å². The van der Waals surface area contributed by atoms with Crippen molar-refractivity contribution in [1.29, 1.82) is 0 Å². The zero-order valence-corrected chi connectivity index (χ0v) is 11.4. The fourth-order valence-corrected chi connectivity index (χ4v) is 2.30. The normalized spacial score (nSPS) is 14.4. The number of nitrogens with zero attached hydrogens (tertiary/aromatic N) is 3. The molecule has 1 aliphatic rings. The molecule has 1 aromatic heterocycles. The van der Waals surface area contributed by atoms with Crippen LogP contribution in [0.4, 0.5) is 0 Å². The summed E-state index contributed by atoms with van der Waals surface area (Å²) in [5.41, 5.74) is 2.16. The van der Waals surface area contributed by atoms with Gasteiger partial charge < -0.3 is 5.11 Å². The van der Waals surface area contributed by atoms with E-state index >= 15 is 0 Å². The molecule has 0 spiro atoms. The standard InChI is InChI=1S/C15H17N3O2/c1-2-3-10-4-8-12(9-5-10)18-14(11-6-7-11)16-13(17-18)15(19)20/h4-5,8-9,11H,2-3,6-7H2,1H3,(H,19,20). The molecular weight excluding hydrogens is 254 g/mol. The highest BCUT2D eigenvalue weighted by molar-refractivity contribution is 5.83. The maximum absolute atomic E-state index is 11.0. The van der Waals surface area contributed by atoms with Crippen LogP contribution in [0, 0.1) is 0 Å². The average Bonchev–Trinajstić information content (AvgIpc) is 3.19. The van der Waals surface area contributed by atoms with Crippen LogP contribution in [0.15, 0.2) is 24.3 Å². The molecule has 20 heavy (non-hydrogen) atoms. The minimum Gasteiger partial charge on any atom is -0.475 e. The summed E-state index contributed by atoms with van der Waals surface area (Å²) in [6.45, 7) is 2.15. The van der Waals surface area contributed by atoms with Gasteiger partial charge in [0.1, 0.15) is 5.82 Å². The van der Waals surface area contributed by atoms with Crippen molar-refractivity contribution in [3.63, 3.8) is 0 Å². The SMILES string of the molecule is CCCc1ccc(-n2nc(C(=O)O)nc2C2CC2)cc1. The maximum Gasteiger partial charge on any atom is 0.375 e.